The van der Waals surface area contributed by atoms with Crippen LogP contribution >= 0.6 is 11.8 Å². The van der Waals surface area contributed by atoms with Gasteiger partial charge >= 0.3 is 0 Å². The van der Waals surface area contributed by atoms with E-state index >= 15 is 0 Å². The highest BCUT2D eigenvalue weighted by atomic mass is 32.2. The van der Waals surface area contributed by atoms with Gasteiger partial charge in [-0.15, -0.1) is 0 Å². The number of fused-ring (bicyclic) bond motifs is 1. The maximum Gasteiger partial charge on any atom is 0.0819 e. The van der Waals surface area contributed by atoms with Crippen molar-refractivity contribution in [1.82, 2.24) is 5.32 Å². The second kappa shape index (κ2) is 3.11. The third-order valence-electron chi connectivity index (χ3n) is 2.14. The normalized spacial score (nSPS) is 40.8. The van der Waals surface area contributed by atoms with E-state index in [4.69, 9.17) is 4.74 Å². The molecule has 58 valence electrons. The lowest BCUT2D eigenvalue weighted by Gasteiger charge is -2.35. The summed E-state index contributed by atoms with van der Waals surface area (Å²) in [6.45, 7) is 1.95. The van der Waals surface area contributed by atoms with Gasteiger partial charge in [0.05, 0.1) is 12.7 Å². The fourth-order valence-electron chi connectivity index (χ4n) is 1.56. The molecule has 2 heterocycles. The van der Waals surface area contributed by atoms with Crippen molar-refractivity contribution in [2.75, 3.05) is 24.7 Å². The number of nitrogens with one attached hydrogen (secondary N) is 1. The molecule has 3 heteroatoms. The van der Waals surface area contributed by atoms with Gasteiger partial charge in [0.2, 0.25) is 0 Å². The van der Waals surface area contributed by atoms with Gasteiger partial charge in [-0.2, -0.15) is 11.8 Å². The minimum atomic E-state index is 0.507. The van der Waals surface area contributed by atoms with E-state index in [1.807, 2.05) is 11.8 Å². The topological polar surface area (TPSA) is 21.3 Å². The van der Waals surface area contributed by atoms with E-state index in [0.717, 1.165) is 13.2 Å². The van der Waals surface area contributed by atoms with Crippen LogP contribution in [0.2, 0.25) is 0 Å². The maximum atomic E-state index is 5.60. The second-order valence-corrected chi connectivity index (χ2v) is 3.98. The van der Waals surface area contributed by atoms with Crippen LogP contribution in [0, 0.1) is 0 Å². The minimum absolute atomic E-state index is 0.507. The van der Waals surface area contributed by atoms with Crippen LogP contribution < -0.4 is 5.32 Å². The highest BCUT2D eigenvalue weighted by Gasteiger charge is 2.27. The molecule has 2 aliphatic rings. The lowest BCUT2D eigenvalue weighted by atomic mass is 10.1. The number of hydrogen-bond donors (Lipinski definition) is 1. The van der Waals surface area contributed by atoms with Crippen LogP contribution in [0.1, 0.15) is 6.42 Å². The molecule has 0 aromatic rings. The summed E-state index contributed by atoms with van der Waals surface area (Å²) in [5.41, 5.74) is 0. The number of rotatable bonds is 0. The number of morpholine rings is 1. The smallest absolute Gasteiger partial charge is 0.0819 e. The van der Waals surface area contributed by atoms with Gasteiger partial charge in [0.15, 0.2) is 0 Å². The number of ether oxygens (including phenoxy) is 1. The summed E-state index contributed by atoms with van der Waals surface area (Å²) in [4.78, 5) is 0. The van der Waals surface area contributed by atoms with Crippen molar-refractivity contribution in [3.63, 3.8) is 0 Å². The second-order valence-electron chi connectivity index (χ2n) is 2.83. The molecule has 2 fully saturated rings. The Kier molecular flexibility index (Phi) is 2.16. The molecule has 2 nitrogen and oxygen atoms in total. The van der Waals surface area contributed by atoms with Crippen LogP contribution in [0.3, 0.4) is 0 Å². The molecule has 0 spiro atoms. The van der Waals surface area contributed by atoms with Crippen LogP contribution in [0.25, 0.3) is 0 Å². The summed E-state index contributed by atoms with van der Waals surface area (Å²) in [7, 11) is 0. The van der Waals surface area contributed by atoms with Gasteiger partial charge in [0.25, 0.3) is 0 Å². The first kappa shape index (κ1) is 6.95. The molecule has 2 unspecified atom stereocenters. The fourth-order valence-corrected chi connectivity index (χ4v) is 2.71. The third kappa shape index (κ3) is 1.31. The molecule has 1 N–H and O–H groups in total. The van der Waals surface area contributed by atoms with Crippen molar-refractivity contribution in [2.24, 2.45) is 0 Å². The monoisotopic (exact) mass is 159 g/mol. The predicted molar refractivity (Wildman–Crippen MR) is 43.5 cm³/mol. The van der Waals surface area contributed by atoms with E-state index < -0.39 is 0 Å². The Morgan fingerprint density at radius 1 is 1.50 bits per heavy atom. The van der Waals surface area contributed by atoms with Gasteiger partial charge in [0, 0.05) is 18.3 Å². The van der Waals surface area contributed by atoms with E-state index in [1.165, 1.54) is 17.9 Å². The Hall–Kier alpha value is 0.270. The molecule has 0 bridgehead atoms. The number of thioether (sulfide) groups is 1. The lowest BCUT2D eigenvalue weighted by molar-refractivity contribution is 0.00842. The Balaban J connectivity index is 1.93. The van der Waals surface area contributed by atoms with Crippen molar-refractivity contribution in [3.05, 3.63) is 0 Å². The largest absolute Gasteiger partial charge is 0.374 e. The molecular formula is C7H13NOS. The molecule has 0 radical (unpaired) electrons. The standard InChI is InChI=1S/C7H13NOS/c1-4-10-5-7-6(1)8-2-3-9-7/h6-8H,1-5H2. The van der Waals surface area contributed by atoms with Crippen LogP contribution in [0.4, 0.5) is 0 Å². The molecule has 0 aliphatic carbocycles. The van der Waals surface area contributed by atoms with E-state index in [9.17, 15) is 0 Å². The summed E-state index contributed by atoms with van der Waals surface area (Å²) in [6, 6.07) is 0.662. The first-order valence-corrected chi connectivity index (χ1v) is 5.05. The average Bonchev–Trinajstić information content (AvgIpc) is 2.05. The Bertz CT molecular complexity index is 94.2. The van der Waals surface area contributed by atoms with Gasteiger partial charge in [-0.3, -0.25) is 0 Å². The number of hydrogen-bond acceptors (Lipinski definition) is 3. The molecule has 2 atom stereocenters. The van der Waals surface area contributed by atoms with Crippen molar-refractivity contribution in [2.45, 2.75) is 18.6 Å². The maximum absolute atomic E-state index is 5.60. The molecular weight excluding hydrogens is 146 g/mol. The molecule has 0 aromatic heterocycles. The van der Waals surface area contributed by atoms with Gasteiger partial charge in [0.1, 0.15) is 0 Å². The molecule has 10 heavy (non-hydrogen) atoms. The summed E-state index contributed by atoms with van der Waals surface area (Å²) < 4.78 is 5.60. The summed E-state index contributed by atoms with van der Waals surface area (Å²) in [6.07, 6.45) is 1.79. The lowest BCUT2D eigenvalue weighted by Crippen LogP contribution is -2.51. The van der Waals surface area contributed by atoms with Crippen molar-refractivity contribution in [3.8, 4) is 0 Å². The molecule has 0 aromatic carbocycles. The highest BCUT2D eigenvalue weighted by molar-refractivity contribution is 7.99. The van der Waals surface area contributed by atoms with Crippen molar-refractivity contribution >= 4 is 11.8 Å². The summed E-state index contributed by atoms with van der Waals surface area (Å²) in [5.74, 6) is 2.50. The van der Waals surface area contributed by atoms with Gasteiger partial charge in [-0.05, 0) is 12.2 Å². The highest BCUT2D eigenvalue weighted by Crippen LogP contribution is 2.21. The average molecular weight is 159 g/mol. The van der Waals surface area contributed by atoms with Crippen LogP contribution in [-0.4, -0.2) is 36.8 Å². The SMILES string of the molecule is C1COC2CSCCC2N1. The Morgan fingerprint density at radius 2 is 2.50 bits per heavy atom. The van der Waals surface area contributed by atoms with Crippen molar-refractivity contribution < 1.29 is 4.74 Å². The molecule has 0 amide bonds. The zero-order valence-corrected chi connectivity index (χ0v) is 6.82. The summed E-state index contributed by atoms with van der Waals surface area (Å²) in [5, 5.41) is 3.48. The fraction of sp³-hybridized carbons (Fsp3) is 1.00. The van der Waals surface area contributed by atoms with E-state index in [-0.39, 0.29) is 0 Å². The van der Waals surface area contributed by atoms with Crippen LogP contribution in [0.5, 0.6) is 0 Å². The van der Waals surface area contributed by atoms with E-state index in [2.05, 4.69) is 5.32 Å². The zero-order valence-electron chi connectivity index (χ0n) is 6.01. The minimum Gasteiger partial charge on any atom is -0.374 e. The third-order valence-corrected chi connectivity index (χ3v) is 3.23. The molecule has 2 aliphatic heterocycles. The van der Waals surface area contributed by atoms with Gasteiger partial charge < -0.3 is 10.1 Å². The van der Waals surface area contributed by atoms with Crippen LogP contribution in [0.15, 0.2) is 0 Å². The molecule has 0 saturated carbocycles. The van der Waals surface area contributed by atoms with Gasteiger partial charge in [-0.1, -0.05) is 0 Å². The van der Waals surface area contributed by atoms with Gasteiger partial charge in [-0.25, -0.2) is 0 Å². The quantitative estimate of drug-likeness (QED) is 0.555. The molecule has 2 saturated heterocycles. The van der Waals surface area contributed by atoms with Crippen LogP contribution in [-0.2, 0) is 4.74 Å². The predicted octanol–water partition coefficient (Wildman–Crippen LogP) is 0.480. The first-order valence-electron chi connectivity index (χ1n) is 3.89. The first-order chi connectivity index (χ1) is 4.97. The molecule has 2 rings (SSSR count). The van der Waals surface area contributed by atoms with Crippen molar-refractivity contribution in [1.29, 1.82) is 0 Å². The van der Waals surface area contributed by atoms with E-state index in [0.29, 0.717) is 12.1 Å². The Morgan fingerprint density at radius 3 is 3.40 bits per heavy atom. The Labute approximate surface area is 65.7 Å². The van der Waals surface area contributed by atoms with E-state index in [1.54, 1.807) is 0 Å². The summed E-state index contributed by atoms with van der Waals surface area (Å²) >= 11 is 2.02. The zero-order chi connectivity index (χ0) is 6.81.